The largest absolute Gasteiger partial charge is 0.481 e. The van der Waals surface area contributed by atoms with Crippen LogP contribution in [-0.2, 0) is 16.1 Å². The predicted octanol–water partition coefficient (Wildman–Crippen LogP) is 0.982. The van der Waals surface area contributed by atoms with Crippen LogP contribution in [0.25, 0.3) is 0 Å². The van der Waals surface area contributed by atoms with E-state index in [9.17, 15) is 14.4 Å². The lowest BCUT2D eigenvalue weighted by atomic mass is 10.3. The highest BCUT2D eigenvalue weighted by atomic mass is 79.9. The predicted molar refractivity (Wildman–Crippen MR) is 72.9 cm³/mol. The van der Waals surface area contributed by atoms with E-state index in [4.69, 9.17) is 5.11 Å². The Morgan fingerprint density at radius 2 is 2.05 bits per heavy atom. The average Bonchev–Trinajstić information content (AvgIpc) is 2.35. The molecule has 0 radical (unpaired) electrons. The molecule has 0 unspecified atom stereocenters. The third-order valence-corrected chi connectivity index (χ3v) is 2.89. The van der Waals surface area contributed by atoms with Crippen LogP contribution in [0.5, 0.6) is 0 Å². The van der Waals surface area contributed by atoms with Gasteiger partial charge in [0.15, 0.2) is 0 Å². The van der Waals surface area contributed by atoms with E-state index >= 15 is 0 Å². The smallest absolute Gasteiger partial charge is 0.303 e. The summed E-state index contributed by atoms with van der Waals surface area (Å²) in [6, 6.07) is 3.07. The molecule has 0 fully saturated rings. The number of rotatable bonds is 7. The van der Waals surface area contributed by atoms with Crippen molar-refractivity contribution in [1.82, 2.24) is 9.88 Å². The van der Waals surface area contributed by atoms with E-state index in [1.54, 1.807) is 12.3 Å². The first-order chi connectivity index (χ1) is 8.99. The van der Waals surface area contributed by atoms with Crippen LogP contribution in [0.15, 0.2) is 27.6 Å². The second-order valence-corrected chi connectivity index (χ2v) is 4.89. The molecular weight excluding hydrogens is 316 g/mol. The van der Waals surface area contributed by atoms with E-state index < -0.39 is 5.97 Å². The van der Waals surface area contributed by atoms with Crippen molar-refractivity contribution in [3.8, 4) is 0 Å². The van der Waals surface area contributed by atoms with Gasteiger partial charge in [0.25, 0.3) is 5.56 Å². The topological polar surface area (TPSA) is 88.4 Å². The van der Waals surface area contributed by atoms with Crippen LogP contribution in [0.3, 0.4) is 0 Å². The molecule has 0 aliphatic heterocycles. The number of aliphatic carboxylic acids is 1. The molecular formula is C12H15BrN2O4. The van der Waals surface area contributed by atoms with Crippen molar-refractivity contribution < 1.29 is 14.7 Å². The van der Waals surface area contributed by atoms with Gasteiger partial charge in [-0.05, 0) is 28.4 Å². The number of nitrogens with zero attached hydrogens (tertiary/aromatic N) is 1. The SMILES string of the molecule is O=C(O)CCCNC(=O)CCn1cc(Br)ccc1=O. The summed E-state index contributed by atoms with van der Waals surface area (Å²) in [6.07, 6.45) is 2.24. The Labute approximate surface area is 118 Å². The second-order valence-electron chi connectivity index (χ2n) is 3.98. The van der Waals surface area contributed by atoms with Crippen LogP contribution >= 0.6 is 15.9 Å². The number of carbonyl (C=O) groups is 2. The summed E-state index contributed by atoms with van der Waals surface area (Å²) >= 11 is 3.25. The maximum atomic E-state index is 11.5. The Kier molecular flexibility index (Phi) is 6.27. The van der Waals surface area contributed by atoms with Gasteiger partial charge in [0.1, 0.15) is 0 Å². The minimum atomic E-state index is -0.880. The second kappa shape index (κ2) is 7.73. The summed E-state index contributed by atoms with van der Waals surface area (Å²) in [6.45, 7) is 0.627. The maximum absolute atomic E-state index is 11.5. The molecule has 19 heavy (non-hydrogen) atoms. The quantitative estimate of drug-likeness (QED) is 0.729. The number of carbonyl (C=O) groups excluding carboxylic acids is 1. The lowest BCUT2D eigenvalue weighted by Gasteiger charge is -2.06. The van der Waals surface area contributed by atoms with Gasteiger partial charge in [0.2, 0.25) is 5.91 Å². The minimum absolute atomic E-state index is 0.0331. The van der Waals surface area contributed by atoms with Crippen molar-refractivity contribution in [2.75, 3.05) is 6.54 Å². The molecule has 1 rings (SSSR count). The van der Waals surface area contributed by atoms with Crippen LogP contribution < -0.4 is 10.9 Å². The van der Waals surface area contributed by atoms with Crippen LogP contribution in [0.1, 0.15) is 19.3 Å². The van der Waals surface area contributed by atoms with Crippen LogP contribution in [0.4, 0.5) is 0 Å². The number of hydrogen-bond acceptors (Lipinski definition) is 3. The van der Waals surface area contributed by atoms with Crippen LogP contribution in [0.2, 0.25) is 0 Å². The van der Waals surface area contributed by atoms with Gasteiger partial charge in [-0.3, -0.25) is 14.4 Å². The minimum Gasteiger partial charge on any atom is -0.481 e. The van der Waals surface area contributed by atoms with Crippen molar-refractivity contribution in [3.05, 3.63) is 33.2 Å². The molecule has 0 aliphatic carbocycles. The van der Waals surface area contributed by atoms with E-state index in [0.717, 1.165) is 4.47 Å². The van der Waals surface area contributed by atoms with Gasteiger partial charge < -0.3 is 15.0 Å². The zero-order valence-electron chi connectivity index (χ0n) is 10.3. The van der Waals surface area contributed by atoms with Crippen LogP contribution in [0, 0.1) is 0 Å². The first-order valence-electron chi connectivity index (χ1n) is 5.83. The van der Waals surface area contributed by atoms with Gasteiger partial charge in [0, 0.05) is 42.7 Å². The monoisotopic (exact) mass is 330 g/mol. The summed E-state index contributed by atoms with van der Waals surface area (Å²) in [7, 11) is 0. The standard InChI is InChI=1S/C12H15BrN2O4/c13-9-3-4-11(17)15(8-9)7-5-10(16)14-6-1-2-12(18)19/h3-4,8H,1-2,5-7H2,(H,14,16)(H,18,19). The van der Waals surface area contributed by atoms with Crippen LogP contribution in [-0.4, -0.2) is 28.1 Å². The number of hydrogen-bond donors (Lipinski definition) is 2. The molecule has 0 saturated carbocycles. The molecule has 0 bridgehead atoms. The number of carboxylic acid groups (broad SMARTS) is 1. The fourth-order valence-corrected chi connectivity index (χ4v) is 1.83. The Hall–Kier alpha value is -1.63. The Balaban J connectivity index is 2.32. The first kappa shape index (κ1) is 15.4. The number of aryl methyl sites for hydroxylation is 1. The number of halogens is 1. The van der Waals surface area contributed by atoms with Gasteiger partial charge >= 0.3 is 5.97 Å². The summed E-state index contributed by atoms with van der Waals surface area (Å²) in [5, 5.41) is 11.0. The highest BCUT2D eigenvalue weighted by molar-refractivity contribution is 9.10. The van der Waals surface area contributed by atoms with E-state index in [2.05, 4.69) is 21.2 Å². The number of carboxylic acids is 1. The maximum Gasteiger partial charge on any atom is 0.303 e. The molecule has 0 aliphatic rings. The van der Waals surface area contributed by atoms with Crippen molar-refractivity contribution >= 4 is 27.8 Å². The Bertz CT molecular complexity index is 513. The van der Waals surface area contributed by atoms with Crippen molar-refractivity contribution in [3.63, 3.8) is 0 Å². The molecule has 7 heteroatoms. The zero-order chi connectivity index (χ0) is 14.3. The number of aromatic nitrogens is 1. The first-order valence-corrected chi connectivity index (χ1v) is 6.63. The fourth-order valence-electron chi connectivity index (χ4n) is 1.45. The van der Waals surface area contributed by atoms with Crippen molar-refractivity contribution in [2.45, 2.75) is 25.8 Å². The molecule has 0 saturated heterocycles. The number of pyridine rings is 1. The number of amides is 1. The zero-order valence-corrected chi connectivity index (χ0v) is 11.9. The van der Waals surface area contributed by atoms with Gasteiger partial charge in [-0.1, -0.05) is 0 Å². The summed E-state index contributed by atoms with van der Waals surface area (Å²) in [5.74, 6) is -1.08. The Morgan fingerprint density at radius 1 is 1.32 bits per heavy atom. The molecule has 0 atom stereocenters. The molecule has 2 N–H and O–H groups in total. The molecule has 0 spiro atoms. The molecule has 1 aromatic heterocycles. The summed E-state index contributed by atoms with van der Waals surface area (Å²) < 4.78 is 2.22. The molecule has 1 amide bonds. The Morgan fingerprint density at radius 3 is 2.74 bits per heavy atom. The van der Waals surface area contributed by atoms with E-state index in [0.29, 0.717) is 19.5 Å². The molecule has 1 heterocycles. The summed E-state index contributed by atoms with van der Waals surface area (Å²) in [5.41, 5.74) is -0.165. The van der Waals surface area contributed by atoms with Gasteiger partial charge in [0.05, 0.1) is 0 Å². The van der Waals surface area contributed by atoms with Gasteiger partial charge in [-0.2, -0.15) is 0 Å². The highest BCUT2D eigenvalue weighted by Crippen LogP contribution is 2.05. The van der Waals surface area contributed by atoms with E-state index in [1.807, 2.05) is 0 Å². The molecule has 0 aromatic carbocycles. The lowest BCUT2D eigenvalue weighted by Crippen LogP contribution is -2.28. The molecule has 104 valence electrons. The lowest BCUT2D eigenvalue weighted by molar-refractivity contribution is -0.137. The van der Waals surface area contributed by atoms with E-state index in [1.165, 1.54) is 10.6 Å². The third-order valence-electron chi connectivity index (χ3n) is 2.42. The molecule has 6 nitrogen and oxygen atoms in total. The van der Waals surface area contributed by atoms with Gasteiger partial charge in [-0.25, -0.2) is 0 Å². The van der Waals surface area contributed by atoms with Gasteiger partial charge in [-0.15, -0.1) is 0 Å². The highest BCUT2D eigenvalue weighted by Gasteiger charge is 2.04. The average molecular weight is 331 g/mol. The normalized spacial score (nSPS) is 10.2. The fraction of sp³-hybridized carbons (Fsp3) is 0.417. The number of nitrogens with one attached hydrogen (secondary N) is 1. The van der Waals surface area contributed by atoms with E-state index in [-0.39, 0.29) is 24.3 Å². The third kappa shape index (κ3) is 6.19. The molecule has 1 aromatic rings. The van der Waals surface area contributed by atoms with Crippen molar-refractivity contribution in [1.29, 1.82) is 0 Å². The summed E-state index contributed by atoms with van der Waals surface area (Å²) in [4.78, 5) is 33.2. The van der Waals surface area contributed by atoms with Crippen molar-refractivity contribution in [2.24, 2.45) is 0 Å².